The molecule has 1 heterocycles. The third-order valence-electron chi connectivity index (χ3n) is 3.30. The van der Waals surface area contributed by atoms with Crippen LogP contribution in [0.3, 0.4) is 0 Å². The number of ether oxygens (including phenoxy) is 1. The van der Waals surface area contributed by atoms with Crippen LogP contribution in [0.15, 0.2) is 24.3 Å². The second kappa shape index (κ2) is 6.52. The van der Waals surface area contributed by atoms with E-state index >= 15 is 0 Å². The summed E-state index contributed by atoms with van der Waals surface area (Å²) in [5.74, 6) is 0.270. The van der Waals surface area contributed by atoms with E-state index in [9.17, 15) is 4.79 Å². The number of carbonyl (C=O) groups is 1. The standard InChI is InChI=1S/C14H20N2O2/c1-18-10-13-5-3-2-4-11(13)9-16-14(17)12-6-7-15-8-12/h2-5,12,15H,6-10H2,1H3,(H,16,17). The molecule has 4 nitrogen and oxygen atoms in total. The minimum Gasteiger partial charge on any atom is -0.380 e. The predicted octanol–water partition coefficient (Wildman–Crippen LogP) is 1.06. The average molecular weight is 248 g/mol. The van der Waals surface area contributed by atoms with E-state index in [1.165, 1.54) is 0 Å². The zero-order valence-corrected chi connectivity index (χ0v) is 10.7. The summed E-state index contributed by atoms with van der Waals surface area (Å²) < 4.78 is 5.15. The Balaban J connectivity index is 1.90. The maximum absolute atomic E-state index is 11.9. The number of rotatable bonds is 5. The van der Waals surface area contributed by atoms with Crippen molar-refractivity contribution in [2.24, 2.45) is 5.92 Å². The molecule has 18 heavy (non-hydrogen) atoms. The fraction of sp³-hybridized carbons (Fsp3) is 0.500. The van der Waals surface area contributed by atoms with Gasteiger partial charge in [-0.1, -0.05) is 24.3 Å². The highest BCUT2D eigenvalue weighted by Crippen LogP contribution is 2.11. The van der Waals surface area contributed by atoms with E-state index in [4.69, 9.17) is 4.74 Å². The van der Waals surface area contributed by atoms with Crippen LogP contribution in [-0.4, -0.2) is 26.1 Å². The summed E-state index contributed by atoms with van der Waals surface area (Å²) >= 11 is 0. The number of methoxy groups -OCH3 is 1. The predicted molar refractivity (Wildman–Crippen MR) is 70.0 cm³/mol. The summed E-state index contributed by atoms with van der Waals surface area (Å²) in [6.45, 7) is 2.90. The molecule has 0 spiro atoms. The first-order valence-corrected chi connectivity index (χ1v) is 6.35. The van der Waals surface area contributed by atoms with Crippen molar-refractivity contribution in [1.82, 2.24) is 10.6 Å². The second-order valence-corrected chi connectivity index (χ2v) is 4.61. The molecule has 2 N–H and O–H groups in total. The molecule has 1 aromatic rings. The van der Waals surface area contributed by atoms with Gasteiger partial charge in [-0.15, -0.1) is 0 Å². The zero-order valence-electron chi connectivity index (χ0n) is 10.7. The lowest BCUT2D eigenvalue weighted by Crippen LogP contribution is -2.31. The van der Waals surface area contributed by atoms with Crippen molar-refractivity contribution in [2.75, 3.05) is 20.2 Å². The smallest absolute Gasteiger partial charge is 0.224 e. The van der Waals surface area contributed by atoms with Crippen molar-refractivity contribution < 1.29 is 9.53 Å². The van der Waals surface area contributed by atoms with Crippen LogP contribution in [0.1, 0.15) is 17.5 Å². The third kappa shape index (κ3) is 3.31. The molecule has 0 bridgehead atoms. The monoisotopic (exact) mass is 248 g/mol. The summed E-state index contributed by atoms with van der Waals surface area (Å²) in [6, 6.07) is 8.03. The molecule has 1 aromatic carbocycles. The lowest BCUT2D eigenvalue weighted by molar-refractivity contribution is -0.124. The average Bonchev–Trinajstić information content (AvgIpc) is 2.92. The molecular formula is C14H20N2O2. The topological polar surface area (TPSA) is 50.4 Å². The van der Waals surface area contributed by atoms with E-state index in [2.05, 4.69) is 10.6 Å². The molecule has 1 amide bonds. The summed E-state index contributed by atoms with van der Waals surface area (Å²) in [6.07, 6.45) is 0.936. The highest BCUT2D eigenvalue weighted by atomic mass is 16.5. The van der Waals surface area contributed by atoms with Gasteiger partial charge in [-0.05, 0) is 24.1 Å². The van der Waals surface area contributed by atoms with Crippen molar-refractivity contribution in [3.8, 4) is 0 Å². The Kier molecular flexibility index (Phi) is 4.73. The molecule has 1 aliphatic heterocycles. The SMILES string of the molecule is COCc1ccccc1CNC(=O)C1CCNC1. The van der Waals surface area contributed by atoms with E-state index in [-0.39, 0.29) is 11.8 Å². The molecule has 1 unspecified atom stereocenters. The Morgan fingerprint density at radius 1 is 1.44 bits per heavy atom. The molecule has 4 heteroatoms. The van der Waals surface area contributed by atoms with Crippen LogP contribution in [0.4, 0.5) is 0 Å². The van der Waals surface area contributed by atoms with E-state index in [0.717, 1.165) is 30.6 Å². The van der Waals surface area contributed by atoms with E-state index in [1.54, 1.807) is 7.11 Å². The van der Waals surface area contributed by atoms with Gasteiger partial charge >= 0.3 is 0 Å². The fourth-order valence-electron chi connectivity index (χ4n) is 2.23. The normalized spacial score (nSPS) is 18.8. The molecule has 0 saturated carbocycles. The van der Waals surface area contributed by atoms with E-state index < -0.39 is 0 Å². The summed E-state index contributed by atoms with van der Waals surface area (Å²) in [7, 11) is 1.68. The maximum Gasteiger partial charge on any atom is 0.224 e. The molecule has 0 aromatic heterocycles. The molecule has 98 valence electrons. The largest absolute Gasteiger partial charge is 0.380 e. The number of carbonyl (C=O) groups excluding carboxylic acids is 1. The van der Waals surface area contributed by atoms with Gasteiger partial charge in [0, 0.05) is 20.2 Å². The van der Waals surface area contributed by atoms with Crippen LogP contribution in [0.5, 0.6) is 0 Å². The Morgan fingerprint density at radius 2 is 2.22 bits per heavy atom. The molecule has 1 saturated heterocycles. The molecule has 0 radical (unpaired) electrons. The number of nitrogens with one attached hydrogen (secondary N) is 2. The van der Waals surface area contributed by atoms with Gasteiger partial charge in [0.25, 0.3) is 0 Å². The van der Waals surface area contributed by atoms with Crippen molar-refractivity contribution >= 4 is 5.91 Å². The van der Waals surface area contributed by atoms with E-state index in [0.29, 0.717) is 13.2 Å². The molecular weight excluding hydrogens is 228 g/mol. The van der Waals surface area contributed by atoms with Crippen LogP contribution in [-0.2, 0) is 22.7 Å². The van der Waals surface area contributed by atoms with Gasteiger partial charge in [0.15, 0.2) is 0 Å². The first kappa shape index (κ1) is 13.1. The summed E-state index contributed by atoms with van der Waals surface area (Å²) in [5, 5.41) is 6.21. The molecule has 1 fully saturated rings. The third-order valence-corrected chi connectivity index (χ3v) is 3.30. The number of hydrogen-bond donors (Lipinski definition) is 2. The van der Waals surface area contributed by atoms with Gasteiger partial charge in [-0.3, -0.25) is 4.79 Å². The lowest BCUT2D eigenvalue weighted by atomic mass is 10.1. The molecule has 1 aliphatic rings. The van der Waals surface area contributed by atoms with Gasteiger partial charge in [-0.2, -0.15) is 0 Å². The van der Waals surface area contributed by atoms with Gasteiger partial charge < -0.3 is 15.4 Å². The van der Waals surface area contributed by atoms with Crippen molar-refractivity contribution in [2.45, 2.75) is 19.6 Å². The second-order valence-electron chi connectivity index (χ2n) is 4.61. The first-order valence-electron chi connectivity index (χ1n) is 6.35. The molecule has 2 rings (SSSR count). The Labute approximate surface area is 108 Å². The summed E-state index contributed by atoms with van der Waals surface area (Å²) in [5.41, 5.74) is 2.25. The molecule has 1 atom stereocenters. The van der Waals surface area contributed by atoms with E-state index in [1.807, 2.05) is 24.3 Å². The van der Waals surface area contributed by atoms with Crippen molar-refractivity contribution in [3.05, 3.63) is 35.4 Å². The van der Waals surface area contributed by atoms with Gasteiger partial charge in [0.1, 0.15) is 0 Å². The van der Waals surface area contributed by atoms with Gasteiger partial charge in [-0.25, -0.2) is 0 Å². The fourth-order valence-corrected chi connectivity index (χ4v) is 2.23. The van der Waals surface area contributed by atoms with Crippen LogP contribution in [0.25, 0.3) is 0 Å². The van der Waals surface area contributed by atoms with Crippen LogP contribution in [0, 0.1) is 5.92 Å². The Hall–Kier alpha value is -1.39. The number of hydrogen-bond acceptors (Lipinski definition) is 3. The van der Waals surface area contributed by atoms with Crippen molar-refractivity contribution in [3.63, 3.8) is 0 Å². The van der Waals surface area contributed by atoms with Crippen LogP contribution in [0.2, 0.25) is 0 Å². The quantitative estimate of drug-likeness (QED) is 0.819. The lowest BCUT2D eigenvalue weighted by Gasteiger charge is -2.12. The minimum atomic E-state index is 0.125. The van der Waals surface area contributed by atoms with Gasteiger partial charge in [0.2, 0.25) is 5.91 Å². The maximum atomic E-state index is 11.9. The highest BCUT2D eigenvalue weighted by molar-refractivity contribution is 5.79. The van der Waals surface area contributed by atoms with Crippen molar-refractivity contribution in [1.29, 1.82) is 0 Å². The Morgan fingerprint density at radius 3 is 2.89 bits per heavy atom. The Bertz CT molecular complexity index is 401. The zero-order chi connectivity index (χ0) is 12.8. The molecule has 0 aliphatic carbocycles. The minimum absolute atomic E-state index is 0.125. The van der Waals surface area contributed by atoms with Crippen LogP contribution >= 0.6 is 0 Å². The summed E-state index contributed by atoms with van der Waals surface area (Å²) in [4.78, 5) is 11.9. The first-order chi connectivity index (χ1) is 8.81. The highest BCUT2D eigenvalue weighted by Gasteiger charge is 2.21. The number of benzene rings is 1. The number of amides is 1. The van der Waals surface area contributed by atoms with Gasteiger partial charge in [0.05, 0.1) is 12.5 Å². The van der Waals surface area contributed by atoms with Crippen LogP contribution < -0.4 is 10.6 Å².